The number of aromatic nitrogens is 2. The molecule has 5 nitrogen and oxygen atoms in total. The molecule has 2 heterocycles. The molecule has 22 heavy (non-hydrogen) atoms. The zero-order valence-electron chi connectivity index (χ0n) is 12.7. The zero-order chi connectivity index (χ0) is 16.3. The molecule has 0 spiro atoms. The summed E-state index contributed by atoms with van der Waals surface area (Å²) in [5, 5.41) is 2.49. The lowest BCUT2D eigenvalue weighted by Gasteiger charge is -2.24. The van der Waals surface area contributed by atoms with Crippen molar-refractivity contribution in [1.29, 1.82) is 0 Å². The van der Waals surface area contributed by atoms with Gasteiger partial charge in [-0.2, -0.15) is 4.31 Å². The van der Waals surface area contributed by atoms with Crippen molar-refractivity contribution in [2.75, 3.05) is 4.31 Å². The predicted octanol–water partition coefficient (Wildman–Crippen LogP) is 5.06. The fourth-order valence-corrected chi connectivity index (χ4v) is 3.07. The van der Waals surface area contributed by atoms with Gasteiger partial charge >= 0.3 is 6.09 Å². The van der Waals surface area contributed by atoms with Crippen LogP contribution in [0.25, 0.3) is 0 Å². The fraction of sp³-hybridized carbons (Fsp3) is 0.357. The maximum Gasteiger partial charge on any atom is 0.426 e. The number of ether oxygens (including phenoxy) is 1. The number of halogens is 1. The zero-order valence-corrected chi connectivity index (χ0v) is 15.9. The second kappa shape index (κ2) is 6.97. The van der Waals surface area contributed by atoms with Crippen LogP contribution in [-0.4, -0.2) is 21.7 Å². The Morgan fingerprint density at radius 3 is 2.68 bits per heavy atom. The van der Waals surface area contributed by atoms with Crippen LogP contribution in [0.2, 0.25) is 0 Å². The standard InChI is InChI=1S/C14H16BrN3O2S2/c1-9-5-12(16-6-10(9)15)22-18(11-7-21-8-17-11)13(19)20-14(2,3)4/h5-8H,1-4H3. The highest BCUT2D eigenvalue weighted by Gasteiger charge is 2.26. The van der Waals surface area contributed by atoms with E-state index in [0.29, 0.717) is 10.8 Å². The summed E-state index contributed by atoms with van der Waals surface area (Å²) in [6.07, 6.45) is 1.25. The van der Waals surface area contributed by atoms with E-state index >= 15 is 0 Å². The summed E-state index contributed by atoms with van der Waals surface area (Å²) in [6.45, 7) is 7.46. The Morgan fingerprint density at radius 1 is 1.41 bits per heavy atom. The number of rotatable bonds is 3. The van der Waals surface area contributed by atoms with Gasteiger partial charge in [-0.3, -0.25) is 0 Å². The van der Waals surface area contributed by atoms with Gasteiger partial charge in [0.25, 0.3) is 0 Å². The Morgan fingerprint density at radius 2 is 2.14 bits per heavy atom. The number of carbonyl (C=O) groups is 1. The topological polar surface area (TPSA) is 55.3 Å². The van der Waals surface area contributed by atoms with E-state index in [4.69, 9.17) is 4.74 Å². The Hall–Kier alpha value is -1.12. The summed E-state index contributed by atoms with van der Waals surface area (Å²) in [5.74, 6) is 0.534. The van der Waals surface area contributed by atoms with Crippen LogP contribution in [0.4, 0.5) is 10.6 Å². The van der Waals surface area contributed by atoms with Crippen LogP contribution >= 0.6 is 39.2 Å². The van der Waals surface area contributed by atoms with Gasteiger partial charge in [0.1, 0.15) is 10.6 Å². The molecule has 1 amide bonds. The molecular formula is C14H16BrN3O2S2. The van der Waals surface area contributed by atoms with Crippen molar-refractivity contribution in [2.45, 2.75) is 38.3 Å². The molecule has 0 bridgehead atoms. The molecule has 0 unspecified atom stereocenters. The van der Waals surface area contributed by atoms with Crippen molar-refractivity contribution in [3.63, 3.8) is 0 Å². The van der Waals surface area contributed by atoms with Crippen LogP contribution in [0.1, 0.15) is 26.3 Å². The Balaban J connectivity index is 2.25. The minimum atomic E-state index is -0.574. The number of aryl methyl sites for hydroxylation is 1. The van der Waals surface area contributed by atoms with E-state index in [1.807, 2.05) is 33.8 Å². The van der Waals surface area contributed by atoms with Gasteiger partial charge in [-0.15, -0.1) is 11.3 Å². The molecule has 118 valence electrons. The van der Waals surface area contributed by atoms with Crippen LogP contribution in [0.3, 0.4) is 0 Å². The molecule has 2 aromatic heterocycles. The fourth-order valence-electron chi connectivity index (χ4n) is 1.44. The SMILES string of the molecule is Cc1cc(SN(C(=O)OC(C)(C)C)c2cscn2)ncc1Br. The molecule has 2 aromatic rings. The average Bonchev–Trinajstić information content (AvgIpc) is 2.91. The van der Waals surface area contributed by atoms with Gasteiger partial charge in [0.2, 0.25) is 0 Å². The third-order valence-electron chi connectivity index (χ3n) is 2.39. The molecule has 0 aliphatic carbocycles. The minimum absolute atomic E-state index is 0.467. The van der Waals surface area contributed by atoms with Crippen LogP contribution in [0, 0.1) is 6.92 Å². The van der Waals surface area contributed by atoms with Crippen molar-refractivity contribution < 1.29 is 9.53 Å². The minimum Gasteiger partial charge on any atom is -0.443 e. The van der Waals surface area contributed by atoms with Crippen molar-refractivity contribution in [1.82, 2.24) is 9.97 Å². The van der Waals surface area contributed by atoms with Crippen molar-refractivity contribution in [3.8, 4) is 0 Å². The van der Waals surface area contributed by atoms with E-state index in [2.05, 4.69) is 25.9 Å². The van der Waals surface area contributed by atoms with Crippen molar-refractivity contribution in [2.24, 2.45) is 0 Å². The van der Waals surface area contributed by atoms with E-state index in [0.717, 1.165) is 10.0 Å². The monoisotopic (exact) mass is 401 g/mol. The van der Waals surface area contributed by atoms with Crippen molar-refractivity contribution >= 4 is 51.1 Å². The second-order valence-electron chi connectivity index (χ2n) is 5.48. The average molecular weight is 402 g/mol. The highest BCUT2D eigenvalue weighted by molar-refractivity contribution is 9.10. The van der Waals surface area contributed by atoms with Gasteiger partial charge in [-0.1, -0.05) is 0 Å². The summed E-state index contributed by atoms with van der Waals surface area (Å²) < 4.78 is 7.78. The first-order chi connectivity index (χ1) is 10.3. The number of hydrogen-bond acceptors (Lipinski definition) is 6. The molecular weight excluding hydrogens is 386 g/mol. The second-order valence-corrected chi connectivity index (χ2v) is 8.02. The maximum absolute atomic E-state index is 12.4. The lowest BCUT2D eigenvalue weighted by Crippen LogP contribution is -2.32. The largest absolute Gasteiger partial charge is 0.443 e. The van der Waals surface area contributed by atoms with Gasteiger partial charge in [-0.05, 0) is 55.3 Å². The summed E-state index contributed by atoms with van der Waals surface area (Å²) in [5.41, 5.74) is 2.14. The molecule has 0 saturated carbocycles. The summed E-state index contributed by atoms with van der Waals surface area (Å²) in [4.78, 5) is 20.9. The van der Waals surface area contributed by atoms with E-state index in [1.165, 1.54) is 27.6 Å². The lowest BCUT2D eigenvalue weighted by atomic mass is 10.2. The number of thiazole rings is 1. The van der Waals surface area contributed by atoms with E-state index < -0.39 is 11.7 Å². The molecule has 0 fully saturated rings. The highest BCUT2D eigenvalue weighted by atomic mass is 79.9. The maximum atomic E-state index is 12.4. The number of anilines is 1. The molecule has 0 atom stereocenters. The van der Waals surface area contributed by atoms with E-state index in [-0.39, 0.29) is 0 Å². The predicted molar refractivity (Wildman–Crippen MR) is 93.4 cm³/mol. The summed E-state index contributed by atoms with van der Waals surface area (Å²) in [7, 11) is 0. The van der Waals surface area contributed by atoms with Gasteiger partial charge in [0.05, 0.1) is 5.51 Å². The third-order valence-corrected chi connectivity index (χ3v) is 4.73. The Labute approximate surface area is 146 Å². The Bertz CT molecular complexity index is 657. The number of nitrogens with zero attached hydrogens (tertiary/aromatic N) is 3. The Kier molecular flexibility index (Phi) is 5.46. The molecule has 0 aliphatic heterocycles. The summed E-state index contributed by atoms with van der Waals surface area (Å²) in [6, 6.07) is 1.90. The van der Waals surface area contributed by atoms with Crippen LogP contribution in [0.15, 0.2) is 32.7 Å². The van der Waals surface area contributed by atoms with Gasteiger partial charge < -0.3 is 4.74 Å². The molecule has 0 aromatic carbocycles. The number of hydrogen-bond donors (Lipinski definition) is 0. The number of carbonyl (C=O) groups excluding carboxylic acids is 1. The normalized spacial score (nSPS) is 11.3. The molecule has 0 N–H and O–H groups in total. The number of pyridine rings is 1. The first-order valence-corrected chi connectivity index (χ1v) is 8.98. The van der Waals surface area contributed by atoms with E-state index in [1.54, 1.807) is 17.1 Å². The summed E-state index contributed by atoms with van der Waals surface area (Å²) >= 11 is 6.02. The first-order valence-electron chi connectivity index (χ1n) is 6.47. The van der Waals surface area contributed by atoms with Gasteiger partial charge in [-0.25, -0.2) is 14.8 Å². The van der Waals surface area contributed by atoms with Gasteiger partial charge in [0, 0.05) is 28.0 Å². The molecule has 0 saturated heterocycles. The van der Waals surface area contributed by atoms with E-state index in [9.17, 15) is 4.79 Å². The highest BCUT2D eigenvalue weighted by Crippen LogP contribution is 2.31. The van der Waals surface area contributed by atoms with Crippen LogP contribution in [-0.2, 0) is 4.74 Å². The smallest absolute Gasteiger partial charge is 0.426 e. The lowest BCUT2D eigenvalue weighted by molar-refractivity contribution is 0.0611. The molecule has 0 aliphatic rings. The molecule has 0 radical (unpaired) electrons. The molecule has 2 rings (SSSR count). The van der Waals surface area contributed by atoms with Crippen LogP contribution in [0.5, 0.6) is 0 Å². The van der Waals surface area contributed by atoms with Crippen LogP contribution < -0.4 is 4.31 Å². The third kappa shape index (κ3) is 4.69. The first kappa shape index (κ1) is 17.2. The molecule has 8 heteroatoms. The van der Waals surface area contributed by atoms with Gasteiger partial charge in [0.15, 0.2) is 5.82 Å². The quantitative estimate of drug-likeness (QED) is 0.672. The van der Waals surface area contributed by atoms with Crippen molar-refractivity contribution in [3.05, 3.63) is 33.2 Å². The number of amides is 1.